The predicted molar refractivity (Wildman–Crippen MR) is 128 cm³/mol. The first-order chi connectivity index (χ1) is 15.6. The molecule has 160 valence electrons. The molecule has 6 rings (SSSR count). The molecule has 4 nitrogen and oxygen atoms in total. The molecule has 2 aliphatic heterocycles. The highest BCUT2D eigenvalue weighted by molar-refractivity contribution is 7.19. The Labute approximate surface area is 191 Å². The van der Waals surface area contributed by atoms with Crippen LogP contribution in [0.5, 0.6) is 11.5 Å². The van der Waals surface area contributed by atoms with Crippen molar-refractivity contribution in [1.29, 1.82) is 0 Å². The van der Waals surface area contributed by atoms with Gasteiger partial charge in [0, 0.05) is 46.1 Å². The van der Waals surface area contributed by atoms with Crippen LogP contribution in [-0.2, 0) is 10.3 Å². The Morgan fingerprint density at radius 3 is 2.59 bits per heavy atom. The molecule has 5 heteroatoms. The maximum absolute atomic E-state index is 13.0. The zero-order valence-corrected chi connectivity index (χ0v) is 19.1. The first-order valence-corrected chi connectivity index (χ1v) is 11.8. The van der Waals surface area contributed by atoms with Crippen LogP contribution in [0.15, 0.2) is 60.7 Å². The van der Waals surface area contributed by atoms with Crippen molar-refractivity contribution in [2.24, 2.45) is 0 Å². The SMILES string of the molecule is CCN(CC)c1ccc2c(c1)Oc1c(sc3ccc(C)cc13)C21OC(=O)c2ccccc21. The summed E-state index contributed by atoms with van der Waals surface area (Å²) in [5.74, 6) is 1.25. The van der Waals surface area contributed by atoms with Crippen LogP contribution in [0, 0.1) is 6.92 Å². The van der Waals surface area contributed by atoms with Gasteiger partial charge in [-0.2, -0.15) is 0 Å². The molecule has 1 unspecified atom stereocenters. The molecule has 0 N–H and O–H groups in total. The molecule has 0 radical (unpaired) electrons. The molecule has 0 aliphatic carbocycles. The van der Waals surface area contributed by atoms with E-state index in [1.807, 2.05) is 24.3 Å². The molecule has 0 amide bonds. The molecule has 1 atom stereocenters. The highest BCUT2D eigenvalue weighted by Crippen LogP contribution is 2.60. The van der Waals surface area contributed by atoms with Gasteiger partial charge in [-0.05, 0) is 51.1 Å². The van der Waals surface area contributed by atoms with E-state index in [0.717, 1.165) is 56.4 Å². The Morgan fingerprint density at radius 2 is 1.78 bits per heavy atom. The molecule has 0 saturated carbocycles. The Morgan fingerprint density at radius 1 is 0.969 bits per heavy atom. The molecular formula is C27H23NO3S. The van der Waals surface area contributed by atoms with Crippen molar-refractivity contribution in [1.82, 2.24) is 0 Å². The smallest absolute Gasteiger partial charge is 0.340 e. The zero-order valence-electron chi connectivity index (χ0n) is 18.3. The quantitative estimate of drug-likeness (QED) is 0.335. The zero-order chi connectivity index (χ0) is 22.0. The first-order valence-electron chi connectivity index (χ1n) is 11.0. The number of hydrogen-bond donors (Lipinski definition) is 0. The van der Waals surface area contributed by atoms with Crippen molar-refractivity contribution in [3.63, 3.8) is 0 Å². The lowest BCUT2D eigenvalue weighted by Gasteiger charge is -2.35. The van der Waals surface area contributed by atoms with Gasteiger partial charge in [0.05, 0.1) is 5.56 Å². The molecule has 3 heterocycles. The van der Waals surface area contributed by atoms with Gasteiger partial charge in [-0.1, -0.05) is 29.8 Å². The third-order valence-electron chi connectivity index (χ3n) is 6.57. The summed E-state index contributed by atoms with van der Waals surface area (Å²) in [7, 11) is 0. The third-order valence-corrected chi connectivity index (χ3v) is 7.83. The number of rotatable bonds is 3. The Bertz CT molecular complexity index is 1400. The second-order valence-corrected chi connectivity index (χ2v) is 9.38. The summed E-state index contributed by atoms with van der Waals surface area (Å²) < 4.78 is 14.0. The molecule has 0 bridgehead atoms. The molecular weight excluding hydrogens is 418 g/mol. The van der Waals surface area contributed by atoms with Crippen molar-refractivity contribution < 1.29 is 14.3 Å². The maximum atomic E-state index is 13.0. The molecule has 0 fully saturated rings. The molecule has 2 aliphatic rings. The number of esters is 1. The van der Waals surface area contributed by atoms with E-state index in [1.54, 1.807) is 11.3 Å². The maximum Gasteiger partial charge on any atom is 0.340 e. The summed E-state index contributed by atoms with van der Waals surface area (Å²) in [6, 6.07) is 20.4. The van der Waals surface area contributed by atoms with E-state index < -0.39 is 5.60 Å². The van der Waals surface area contributed by atoms with Crippen LogP contribution < -0.4 is 9.64 Å². The monoisotopic (exact) mass is 441 g/mol. The Kier molecular flexibility index (Phi) is 4.14. The van der Waals surface area contributed by atoms with Crippen LogP contribution in [0.4, 0.5) is 5.69 Å². The lowest BCUT2D eigenvalue weighted by molar-refractivity contribution is 0.0237. The van der Waals surface area contributed by atoms with E-state index in [-0.39, 0.29) is 5.97 Å². The number of aryl methyl sites for hydroxylation is 1. The molecule has 1 spiro atoms. The number of carbonyl (C=O) groups is 1. The van der Waals surface area contributed by atoms with Gasteiger partial charge < -0.3 is 14.4 Å². The number of nitrogens with zero attached hydrogens (tertiary/aromatic N) is 1. The van der Waals surface area contributed by atoms with Crippen molar-refractivity contribution in [3.05, 3.63) is 87.8 Å². The average Bonchev–Trinajstić information content (AvgIpc) is 3.31. The summed E-state index contributed by atoms with van der Waals surface area (Å²) in [5, 5.41) is 1.06. The molecule has 3 aromatic carbocycles. The van der Waals surface area contributed by atoms with Gasteiger partial charge in [-0.3, -0.25) is 0 Å². The number of benzene rings is 3. The fourth-order valence-corrected chi connectivity index (χ4v) is 6.28. The van der Waals surface area contributed by atoms with Gasteiger partial charge in [0.1, 0.15) is 10.6 Å². The molecule has 0 saturated heterocycles. The lowest BCUT2D eigenvalue weighted by Crippen LogP contribution is -2.32. The van der Waals surface area contributed by atoms with Gasteiger partial charge >= 0.3 is 5.97 Å². The number of anilines is 1. The summed E-state index contributed by atoms with van der Waals surface area (Å²) >= 11 is 1.64. The van der Waals surface area contributed by atoms with Crippen molar-refractivity contribution in [2.75, 3.05) is 18.0 Å². The van der Waals surface area contributed by atoms with Gasteiger partial charge in [-0.25, -0.2) is 4.79 Å². The summed E-state index contributed by atoms with van der Waals surface area (Å²) in [5.41, 5.74) is 3.66. The van der Waals surface area contributed by atoms with Gasteiger partial charge in [-0.15, -0.1) is 11.3 Å². The Hall–Kier alpha value is -3.31. The topological polar surface area (TPSA) is 38.8 Å². The average molecular weight is 442 g/mol. The van der Waals surface area contributed by atoms with Crippen molar-refractivity contribution >= 4 is 33.1 Å². The largest absolute Gasteiger partial charge is 0.455 e. The standard InChI is InChI=1S/C27H23NO3S/c1-4-28(5-2)17-11-12-21-22(15-17)30-24-19-14-16(3)10-13-23(19)32-25(24)27(21)20-9-7-6-8-18(20)26(29)31-27/h6-15H,4-5H2,1-3H3. The first kappa shape index (κ1) is 19.4. The van der Waals surface area contributed by atoms with E-state index in [2.05, 4.69) is 62.1 Å². The number of fused-ring (bicyclic) bond motifs is 8. The second kappa shape index (κ2) is 6.84. The molecule has 1 aromatic heterocycles. The lowest BCUT2D eigenvalue weighted by atomic mass is 9.81. The highest BCUT2D eigenvalue weighted by Gasteiger charge is 2.55. The van der Waals surface area contributed by atoms with Crippen LogP contribution in [0.3, 0.4) is 0 Å². The minimum atomic E-state index is -0.990. The minimum Gasteiger partial charge on any atom is -0.455 e. The molecule has 32 heavy (non-hydrogen) atoms. The van der Waals surface area contributed by atoms with Crippen LogP contribution in [0.2, 0.25) is 0 Å². The summed E-state index contributed by atoms with van der Waals surface area (Å²) in [6.45, 7) is 8.19. The number of ether oxygens (including phenoxy) is 2. The van der Waals surface area contributed by atoms with Crippen LogP contribution in [0.1, 0.15) is 45.8 Å². The van der Waals surface area contributed by atoms with Crippen molar-refractivity contribution in [3.8, 4) is 11.5 Å². The number of thiophene rings is 1. The van der Waals surface area contributed by atoms with E-state index in [9.17, 15) is 4.79 Å². The van der Waals surface area contributed by atoms with E-state index >= 15 is 0 Å². The fraction of sp³-hybridized carbons (Fsp3) is 0.222. The second-order valence-electron chi connectivity index (χ2n) is 8.33. The van der Waals surface area contributed by atoms with E-state index in [4.69, 9.17) is 9.47 Å². The Balaban J connectivity index is 1.69. The van der Waals surface area contributed by atoms with Gasteiger partial charge in [0.2, 0.25) is 5.60 Å². The highest BCUT2D eigenvalue weighted by atomic mass is 32.1. The van der Waals surface area contributed by atoms with E-state index in [1.165, 1.54) is 5.56 Å². The summed E-state index contributed by atoms with van der Waals surface area (Å²) in [6.07, 6.45) is 0. The number of hydrogen-bond acceptors (Lipinski definition) is 5. The normalized spacial score (nSPS) is 18.2. The van der Waals surface area contributed by atoms with Gasteiger partial charge in [0.25, 0.3) is 0 Å². The minimum absolute atomic E-state index is 0.291. The van der Waals surface area contributed by atoms with Crippen LogP contribution in [0.25, 0.3) is 10.1 Å². The third kappa shape index (κ3) is 2.46. The number of carbonyl (C=O) groups excluding carboxylic acids is 1. The summed E-state index contributed by atoms with van der Waals surface area (Å²) in [4.78, 5) is 16.2. The van der Waals surface area contributed by atoms with Gasteiger partial charge in [0.15, 0.2) is 5.75 Å². The van der Waals surface area contributed by atoms with Crippen molar-refractivity contribution in [2.45, 2.75) is 26.4 Å². The van der Waals surface area contributed by atoms with E-state index in [0.29, 0.717) is 5.56 Å². The predicted octanol–water partition coefficient (Wildman–Crippen LogP) is 6.62. The fourth-order valence-electron chi connectivity index (χ4n) is 5.01. The van der Waals surface area contributed by atoms with Crippen LogP contribution in [-0.4, -0.2) is 19.1 Å². The van der Waals surface area contributed by atoms with Crippen LogP contribution >= 0.6 is 11.3 Å². The molecule has 4 aromatic rings.